The number of benzene rings is 1. The molecule has 1 heterocycles. The van der Waals surface area contributed by atoms with E-state index in [0.29, 0.717) is 19.4 Å². The van der Waals surface area contributed by atoms with Gasteiger partial charge < -0.3 is 14.8 Å². The second-order valence-electron chi connectivity index (χ2n) is 6.36. The molecule has 0 aliphatic rings. The SMILES string of the molecule is Cc1cc2occ(CC(=O)NCC(C)CC(C)O)c2cc1C. The standard InChI is InChI=1S/C18H25NO3/c1-11(5-14(4)20)9-19-18(21)8-15-10-22-17-7-13(3)12(2)6-16(15)17/h6-7,10-11,14,20H,5,8-9H2,1-4H3,(H,19,21). The zero-order valence-electron chi connectivity index (χ0n) is 13.8. The van der Waals surface area contributed by atoms with Gasteiger partial charge in [0.05, 0.1) is 18.8 Å². The second-order valence-corrected chi connectivity index (χ2v) is 6.36. The van der Waals surface area contributed by atoms with Crippen LogP contribution in [-0.4, -0.2) is 23.7 Å². The van der Waals surface area contributed by atoms with E-state index in [4.69, 9.17) is 4.42 Å². The predicted molar refractivity (Wildman–Crippen MR) is 87.9 cm³/mol. The molecule has 1 aromatic carbocycles. The van der Waals surface area contributed by atoms with Crippen molar-refractivity contribution in [3.8, 4) is 0 Å². The van der Waals surface area contributed by atoms with Gasteiger partial charge in [0.2, 0.25) is 5.91 Å². The maximum absolute atomic E-state index is 12.1. The second kappa shape index (κ2) is 6.97. The summed E-state index contributed by atoms with van der Waals surface area (Å²) in [5.74, 6) is 0.244. The first-order valence-corrected chi connectivity index (χ1v) is 7.79. The molecule has 2 aromatic rings. The molecular formula is C18H25NO3. The average Bonchev–Trinajstić information content (AvgIpc) is 2.79. The Morgan fingerprint density at radius 3 is 2.64 bits per heavy atom. The van der Waals surface area contributed by atoms with Crippen molar-refractivity contribution in [3.05, 3.63) is 35.1 Å². The van der Waals surface area contributed by atoms with Crippen molar-refractivity contribution in [1.29, 1.82) is 0 Å². The third kappa shape index (κ3) is 4.10. The number of carbonyl (C=O) groups is 1. The lowest BCUT2D eigenvalue weighted by molar-refractivity contribution is -0.120. The van der Waals surface area contributed by atoms with Crippen LogP contribution in [-0.2, 0) is 11.2 Å². The molecule has 2 unspecified atom stereocenters. The van der Waals surface area contributed by atoms with Crippen LogP contribution in [0, 0.1) is 19.8 Å². The number of nitrogens with one attached hydrogen (secondary N) is 1. The van der Waals surface area contributed by atoms with Crippen LogP contribution in [0.25, 0.3) is 11.0 Å². The molecule has 22 heavy (non-hydrogen) atoms. The van der Waals surface area contributed by atoms with Crippen LogP contribution in [0.1, 0.15) is 37.0 Å². The Kier molecular flexibility index (Phi) is 5.24. The molecule has 0 aliphatic heterocycles. The van der Waals surface area contributed by atoms with Gasteiger partial charge in [0.15, 0.2) is 0 Å². The van der Waals surface area contributed by atoms with Crippen LogP contribution in [0.15, 0.2) is 22.8 Å². The summed E-state index contributed by atoms with van der Waals surface area (Å²) in [6, 6.07) is 4.09. The lowest BCUT2D eigenvalue weighted by atomic mass is 10.0. The van der Waals surface area contributed by atoms with E-state index in [2.05, 4.69) is 18.3 Å². The van der Waals surface area contributed by atoms with Crippen molar-refractivity contribution >= 4 is 16.9 Å². The summed E-state index contributed by atoms with van der Waals surface area (Å²) >= 11 is 0. The number of carbonyl (C=O) groups excluding carboxylic acids is 1. The molecule has 0 spiro atoms. The average molecular weight is 303 g/mol. The lowest BCUT2D eigenvalue weighted by Crippen LogP contribution is -2.30. The molecule has 0 radical (unpaired) electrons. The summed E-state index contributed by atoms with van der Waals surface area (Å²) in [4.78, 5) is 12.1. The molecule has 4 heteroatoms. The fourth-order valence-electron chi connectivity index (χ4n) is 2.66. The zero-order valence-corrected chi connectivity index (χ0v) is 13.8. The Hall–Kier alpha value is -1.81. The molecule has 120 valence electrons. The Morgan fingerprint density at radius 1 is 1.27 bits per heavy atom. The Labute approximate surface area is 131 Å². The van der Waals surface area contributed by atoms with Gasteiger partial charge in [-0.3, -0.25) is 4.79 Å². The van der Waals surface area contributed by atoms with E-state index in [1.165, 1.54) is 11.1 Å². The van der Waals surface area contributed by atoms with Gasteiger partial charge in [0.1, 0.15) is 5.58 Å². The van der Waals surface area contributed by atoms with Crippen LogP contribution >= 0.6 is 0 Å². The maximum atomic E-state index is 12.1. The first-order chi connectivity index (χ1) is 10.4. The highest BCUT2D eigenvalue weighted by Crippen LogP contribution is 2.25. The highest BCUT2D eigenvalue weighted by molar-refractivity contribution is 5.88. The summed E-state index contributed by atoms with van der Waals surface area (Å²) in [6.07, 6.45) is 2.34. The third-order valence-corrected chi connectivity index (χ3v) is 4.01. The summed E-state index contributed by atoms with van der Waals surface area (Å²) in [5, 5.41) is 13.3. The van der Waals surface area contributed by atoms with E-state index in [1.54, 1.807) is 13.2 Å². The number of fused-ring (bicyclic) bond motifs is 1. The smallest absolute Gasteiger partial charge is 0.224 e. The van der Waals surface area contributed by atoms with Crippen molar-refractivity contribution in [1.82, 2.24) is 5.32 Å². The first-order valence-electron chi connectivity index (χ1n) is 7.79. The minimum atomic E-state index is -0.337. The van der Waals surface area contributed by atoms with Crippen LogP contribution in [0.4, 0.5) is 0 Å². The van der Waals surface area contributed by atoms with Crippen molar-refractivity contribution < 1.29 is 14.3 Å². The number of hydrogen-bond donors (Lipinski definition) is 2. The minimum absolute atomic E-state index is 0.0154. The van der Waals surface area contributed by atoms with Crippen molar-refractivity contribution in [2.24, 2.45) is 5.92 Å². The summed E-state index contributed by atoms with van der Waals surface area (Å²) < 4.78 is 5.55. The molecule has 2 atom stereocenters. The Bertz CT molecular complexity index is 658. The largest absolute Gasteiger partial charge is 0.464 e. The topological polar surface area (TPSA) is 62.5 Å². The van der Waals surface area contributed by atoms with E-state index < -0.39 is 0 Å². The lowest BCUT2D eigenvalue weighted by Gasteiger charge is -2.14. The first kappa shape index (κ1) is 16.6. The van der Waals surface area contributed by atoms with E-state index in [9.17, 15) is 9.90 Å². The van der Waals surface area contributed by atoms with Crippen LogP contribution in [0.3, 0.4) is 0 Å². The Balaban J connectivity index is 1.99. The highest BCUT2D eigenvalue weighted by atomic mass is 16.3. The van der Waals surface area contributed by atoms with Crippen molar-refractivity contribution in [3.63, 3.8) is 0 Å². The highest BCUT2D eigenvalue weighted by Gasteiger charge is 2.13. The predicted octanol–water partition coefficient (Wildman–Crippen LogP) is 3.12. The molecule has 0 fully saturated rings. The number of aliphatic hydroxyl groups excluding tert-OH is 1. The molecule has 1 aromatic heterocycles. The van der Waals surface area contributed by atoms with Gasteiger partial charge in [-0.2, -0.15) is 0 Å². The van der Waals surface area contributed by atoms with E-state index >= 15 is 0 Å². The zero-order chi connectivity index (χ0) is 16.3. The Morgan fingerprint density at radius 2 is 1.95 bits per heavy atom. The number of aliphatic hydroxyl groups is 1. The quantitative estimate of drug-likeness (QED) is 0.862. The minimum Gasteiger partial charge on any atom is -0.464 e. The molecule has 1 amide bonds. The molecule has 2 N–H and O–H groups in total. The van der Waals surface area contributed by atoms with Gasteiger partial charge in [0, 0.05) is 17.5 Å². The number of rotatable bonds is 6. The van der Waals surface area contributed by atoms with Gasteiger partial charge in [-0.15, -0.1) is 0 Å². The van der Waals surface area contributed by atoms with Gasteiger partial charge in [-0.25, -0.2) is 0 Å². The fourth-order valence-corrected chi connectivity index (χ4v) is 2.66. The number of furan rings is 1. The van der Waals surface area contributed by atoms with Crippen LogP contribution in [0.2, 0.25) is 0 Å². The maximum Gasteiger partial charge on any atom is 0.224 e. The van der Waals surface area contributed by atoms with Crippen molar-refractivity contribution in [2.45, 2.75) is 46.6 Å². The number of amides is 1. The number of hydrogen-bond acceptors (Lipinski definition) is 3. The normalized spacial score (nSPS) is 14.0. The molecule has 0 saturated carbocycles. The summed E-state index contributed by atoms with van der Waals surface area (Å²) in [5.41, 5.74) is 4.12. The molecule has 2 rings (SSSR count). The van der Waals surface area contributed by atoms with Crippen LogP contribution < -0.4 is 5.32 Å². The summed E-state index contributed by atoms with van der Waals surface area (Å²) in [6.45, 7) is 8.47. The summed E-state index contributed by atoms with van der Waals surface area (Å²) in [7, 11) is 0. The van der Waals surface area contributed by atoms with Gasteiger partial charge in [-0.1, -0.05) is 6.92 Å². The molecule has 0 aliphatic carbocycles. The molecular weight excluding hydrogens is 278 g/mol. The van der Waals surface area contributed by atoms with Crippen molar-refractivity contribution in [2.75, 3.05) is 6.54 Å². The third-order valence-electron chi connectivity index (χ3n) is 4.01. The molecule has 4 nitrogen and oxygen atoms in total. The molecule has 0 saturated heterocycles. The van der Waals surface area contributed by atoms with Gasteiger partial charge >= 0.3 is 0 Å². The molecule has 0 bridgehead atoms. The van der Waals surface area contributed by atoms with Gasteiger partial charge in [-0.05, 0) is 56.4 Å². The van der Waals surface area contributed by atoms with Crippen LogP contribution in [0.5, 0.6) is 0 Å². The monoisotopic (exact) mass is 303 g/mol. The van der Waals surface area contributed by atoms with E-state index in [-0.39, 0.29) is 17.9 Å². The van der Waals surface area contributed by atoms with Gasteiger partial charge in [0.25, 0.3) is 0 Å². The number of aryl methyl sites for hydroxylation is 2. The van der Waals surface area contributed by atoms with E-state index in [0.717, 1.165) is 16.5 Å². The van der Waals surface area contributed by atoms with E-state index in [1.807, 2.05) is 19.9 Å². The fraction of sp³-hybridized carbons (Fsp3) is 0.500.